The Morgan fingerprint density at radius 3 is 2.57 bits per heavy atom. The molecule has 3 aromatic rings. The summed E-state index contributed by atoms with van der Waals surface area (Å²) in [6, 6.07) is 6.40. The van der Waals surface area contributed by atoms with Gasteiger partial charge in [-0.15, -0.1) is 0 Å². The maximum Gasteiger partial charge on any atom is 0.251 e. The third-order valence-electron chi connectivity index (χ3n) is 5.69. The van der Waals surface area contributed by atoms with Crippen LogP contribution >= 0.6 is 0 Å². The molecule has 35 heavy (non-hydrogen) atoms. The summed E-state index contributed by atoms with van der Waals surface area (Å²) in [5, 5.41) is 2.90. The van der Waals surface area contributed by atoms with Crippen molar-refractivity contribution in [2.75, 3.05) is 58.4 Å². The van der Waals surface area contributed by atoms with Crippen molar-refractivity contribution in [1.29, 1.82) is 0 Å². The number of morpholine rings is 1. The highest BCUT2D eigenvalue weighted by atomic mass is 19.1. The van der Waals surface area contributed by atoms with Crippen molar-refractivity contribution in [3.05, 3.63) is 59.3 Å². The summed E-state index contributed by atoms with van der Waals surface area (Å²) in [5.74, 6) is -0.991. The van der Waals surface area contributed by atoms with E-state index in [-0.39, 0.29) is 11.7 Å². The van der Waals surface area contributed by atoms with Gasteiger partial charge in [0.05, 0.1) is 30.4 Å². The number of hydrogen-bond donors (Lipinski definition) is 1. The van der Waals surface area contributed by atoms with E-state index >= 15 is 0 Å². The van der Waals surface area contributed by atoms with Crippen LogP contribution in [0, 0.1) is 11.6 Å². The Balaban J connectivity index is 1.71. The molecule has 10 heteroatoms. The summed E-state index contributed by atoms with van der Waals surface area (Å²) >= 11 is 0. The molecule has 0 radical (unpaired) electrons. The monoisotopic (exact) mass is 485 g/mol. The molecule has 1 amide bonds. The van der Waals surface area contributed by atoms with E-state index in [2.05, 4.69) is 15.2 Å². The van der Waals surface area contributed by atoms with Gasteiger partial charge in [-0.3, -0.25) is 9.78 Å². The van der Waals surface area contributed by atoms with Gasteiger partial charge in [0.2, 0.25) is 0 Å². The zero-order valence-corrected chi connectivity index (χ0v) is 20.1. The van der Waals surface area contributed by atoms with Crippen molar-refractivity contribution in [3.63, 3.8) is 0 Å². The van der Waals surface area contributed by atoms with Crippen molar-refractivity contribution in [2.45, 2.75) is 13.0 Å². The molecule has 0 saturated carbocycles. The van der Waals surface area contributed by atoms with E-state index in [1.165, 1.54) is 0 Å². The minimum Gasteiger partial charge on any atom is -0.486 e. The number of ether oxygens (including phenoxy) is 2. The molecule has 2 aromatic carbocycles. The summed E-state index contributed by atoms with van der Waals surface area (Å²) in [7, 11) is 3.85. The van der Waals surface area contributed by atoms with Crippen molar-refractivity contribution < 1.29 is 23.0 Å². The van der Waals surface area contributed by atoms with E-state index in [0.717, 1.165) is 18.2 Å². The largest absolute Gasteiger partial charge is 0.486 e. The average molecular weight is 486 g/mol. The highest BCUT2D eigenvalue weighted by molar-refractivity contribution is 5.98. The molecule has 1 fully saturated rings. The second kappa shape index (κ2) is 10.9. The van der Waals surface area contributed by atoms with E-state index in [1.807, 2.05) is 19.0 Å². The molecule has 1 unspecified atom stereocenters. The van der Waals surface area contributed by atoms with Crippen molar-refractivity contribution in [1.82, 2.24) is 20.2 Å². The van der Waals surface area contributed by atoms with Gasteiger partial charge >= 0.3 is 0 Å². The van der Waals surface area contributed by atoms with Gasteiger partial charge in [0, 0.05) is 55.5 Å². The molecular formula is C25H29F2N5O3. The van der Waals surface area contributed by atoms with Gasteiger partial charge in [0.25, 0.3) is 5.91 Å². The van der Waals surface area contributed by atoms with Gasteiger partial charge in [0.1, 0.15) is 29.3 Å². The maximum atomic E-state index is 13.7. The number of carbonyl (C=O) groups is 1. The summed E-state index contributed by atoms with van der Waals surface area (Å²) in [4.78, 5) is 26.3. The molecule has 1 atom stereocenters. The number of fused-ring (bicyclic) bond motifs is 1. The number of benzene rings is 2. The van der Waals surface area contributed by atoms with E-state index < -0.39 is 17.7 Å². The lowest BCUT2D eigenvalue weighted by molar-refractivity contribution is 0.0951. The van der Waals surface area contributed by atoms with Gasteiger partial charge in [-0.2, -0.15) is 0 Å². The second-order valence-electron chi connectivity index (χ2n) is 8.69. The van der Waals surface area contributed by atoms with Crippen LogP contribution in [0.4, 0.5) is 14.6 Å². The fraction of sp³-hybridized carbons (Fsp3) is 0.400. The fourth-order valence-electron chi connectivity index (χ4n) is 3.88. The molecule has 4 rings (SSSR count). The number of halogens is 2. The van der Waals surface area contributed by atoms with Crippen LogP contribution in [0.3, 0.4) is 0 Å². The molecule has 1 aromatic heterocycles. The van der Waals surface area contributed by atoms with E-state index in [9.17, 15) is 13.6 Å². The van der Waals surface area contributed by atoms with Crippen LogP contribution < -0.4 is 15.0 Å². The number of rotatable bonds is 8. The second-order valence-corrected chi connectivity index (χ2v) is 8.69. The van der Waals surface area contributed by atoms with Gasteiger partial charge < -0.3 is 24.6 Å². The highest BCUT2D eigenvalue weighted by Crippen LogP contribution is 2.30. The van der Waals surface area contributed by atoms with Crippen LogP contribution in [0.15, 0.2) is 36.5 Å². The number of likely N-dealkylation sites (N-methyl/N-ethyl adjacent to an activating group) is 1. The minimum absolute atomic E-state index is 0.0429. The lowest BCUT2D eigenvalue weighted by Crippen LogP contribution is -2.36. The summed E-state index contributed by atoms with van der Waals surface area (Å²) in [5.41, 5.74) is 2.08. The first kappa shape index (κ1) is 24.7. The lowest BCUT2D eigenvalue weighted by Gasteiger charge is -2.28. The topological polar surface area (TPSA) is 79.8 Å². The summed E-state index contributed by atoms with van der Waals surface area (Å²) < 4.78 is 38.8. The molecule has 1 aliphatic rings. The third-order valence-corrected chi connectivity index (χ3v) is 5.69. The van der Waals surface area contributed by atoms with Gasteiger partial charge in [-0.25, -0.2) is 13.8 Å². The quantitative estimate of drug-likeness (QED) is 0.525. The molecule has 1 N–H and O–H groups in total. The van der Waals surface area contributed by atoms with Crippen molar-refractivity contribution >= 4 is 22.8 Å². The number of anilines is 1. The molecule has 0 bridgehead atoms. The Morgan fingerprint density at radius 1 is 1.17 bits per heavy atom. The summed E-state index contributed by atoms with van der Waals surface area (Å²) in [6.07, 6.45) is 1.01. The number of carbonyl (C=O) groups excluding carboxylic acids is 1. The first-order valence-electron chi connectivity index (χ1n) is 11.5. The molecular weight excluding hydrogens is 456 g/mol. The van der Waals surface area contributed by atoms with Crippen LogP contribution in [-0.4, -0.2) is 74.3 Å². The Labute approximate surface area is 202 Å². The predicted octanol–water partition coefficient (Wildman–Crippen LogP) is 3.18. The normalized spacial score (nSPS) is 14.9. The van der Waals surface area contributed by atoms with Crippen LogP contribution in [0.5, 0.6) is 5.75 Å². The Hall–Kier alpha value is -3.37. The van der Waals surface area contributed by atoms with Gasteiger partial charge in [-0.1, -0.05) is 0 Å². The molecule has 1 aliphatic heterocycles. The maximum absolute atomic E-state index is 13.7. The highest BCUT2D eigenvalue weighted by Gasteiger charge is 2.20. The fourth-order valence-corrected chi connectivity index (χ4v) is 3.88. The van der Waals surface area contributed by atoms with Crippen molar-refractivity contribution in [2.24, 2.45) is 0 Å². The number of nitrogens with zero attached hydrogens (tertiary/aromatic N) is 4. The zero-order valence-electron chi connectivity index (χ0n) is 20.1. The van der Waals surface area contributed by atoms with E-state index in [1.54, 1.807) is 25.3 Å². The molecule has 2 heterocycles. The Morgan fingerprint density at radius 2 is 1.89 bits per heavy atom. The predicted molar refractivity (Wildman–Crippen MR) is 129 cm³/mol. The van der Waals surface area contributed by atoms with Crippen LogP contribution in [0.1, 0.15) is 28.9 Å². The first-order valence-corrected chi connectivity index (χ1v) is 11.5. The molecule has 0 aliphatic carbocycles. The van der Waals surface area contributed by atoms with Crippen LogP contribution in [-0.2, 0) is 4.74 Å². The lowest BCUT2D eigenvalue weighted by atomic mass is 10.0. The standard InChI is InChI=1S/C25H29F2N5O3/c1-16(35-20-13-18(26)12-19(27)14-20)21-10-17(25(33)28-4-5-31(2)3)11-22-24(21)30-23(15-29-22)32-6-8-34-9-7-32/h10-16H,4-9H2,1-3H3,(H,28,33). The summed E-state index contributed by atoms with van der Waals surface area (Å²) in [6.45, 7) is 5.50. The molecule has 0 spiro atoms. The molecule has 8 nitrogen and oxygen atoms in total. The number of nitrogens with one attached hydrogen (secondary N) is 1. The van der Waals surface area contributed by atoms with E-state index in [4.69, 9.17) is 14.5 Å². The third kappa shape index (κ3) is 6.20. The van der Waals surface area contributed by atoms with Gasteiger partial charge in [0.15, 0.2) is 0 Å². The first-order chi connectivity index (χ1) is 16.8. The van der Waals surface area contributed by atoms with E-state index in [0.29, 0.717) is 67.4 Å². The SMILES string of the molecule is CC(Oc1cc(F)cc(F)c1)c1cc(C(=O)NCCN(C)C)cc2ncc(N3CCOCC3)nc12. The number of hydrogen-bond acceptors (Lipinski definition) is 7. The van der Waals surface area contributed by atoms with Crippen molar-refractivity contribution in [3.8, 4) is 5.75 Å². The number of aromatic nitrogens is 2. The number of amides is 1. The average Bonchev–Trinajstić information content (AvgIpc) is 2.82. The van der Waals surface area contributed by atoms with Crippen LogP contribution in [0.25, 0.3) is 11.0 Å². The Kier molecular flexibility index (Phi) is 7.72. The molecule has 1 saturated heterocycles. The van der Waals surface area contributed by atoms with Crippen LogP contribution in [0.2, 0.25) is 0 Å². The minimum atomic E-state index is -0.736. The smallest absolute Gasteiger partial charge is 0.251 e. The molecule has 186 valence electrons. The zero-order chi connectivity index (χ0) is 24.9. The van der Waals surface area contributed by atoms with Gasteiger partial charge in [-0.05, 0) is 33.2 Å². The Bertz CT molecular complexity index is 1180.